The Morgan fingerprint density at radius 3 is 2.89 bits per heavy atom. The molecule has 12 heteroatoms. The number of likely N-dealkylation sites (tertiary alicyclic amines) is 1. The van der Waals surface area contributed by atoms with Gasteiger partial charge in [-0.05, 0) is 49.1 Å². The third-order valence-electron chi connectivity index (χ3n) is 5.80. The largest absolute Gasteiger partial charge is 0.449 e. The maximum atomic E-state index is 13.1. The number of rotatable bonds is 6. The molecule has 9 nitrogen and oxygen atoms in total. The molecule has 0 unspecified atom stereocenters. The molecule has 0 bridgehead atoms. The van der Waals surface area contributed by atoms with Gasteiger partial charge < -0.3 is 9.64 Å². The van der Waals surface area contributed by atoms with Gasteiger partial charge in [0.25, 0.3) is 10.0 Å². The maximum Gasteiger partial charge on any atom is 0.418 e. The Morgan fingerprint density at radius 2 is 2.09 bits per heavy atom. The van der Waals surface area contributed by atoms with Gasteiger partial charge in [0.15, 0.2) is 0 Å². The number of sulfonamides is 1. The molecule has 35 heavy (non-hydrogen) atoms. The van der Waals surface area contributed by atoms with Crippen LogP contribution in [0.3, 0.4) is 0 Å². The average Bonchev–Trinajstić information content (AvgIpc) is 3.50. The number of fused-ring (bicyclic) bond motifs is 2. The summed E-state index contributed by atoms with van der Waals surface area (Å²) in [5.41, 5.74) is 1.19. The molecule has 1 N–H and O–H groups in total. The minimum absolute atomic E-state index is 0.121. The van der Waals surface area contributed by atoms with E-state index in [1.165, 1.54) is 9.47 Å². The molecular formula is C23H21ClN4O5S2. The molecule has 4 heterocycles. The van der Waals surface area contributed by atoms with E-state index in [0.29, 0.717) is 29.2 Å². The second-order valence-corrected chi connectivity index (χ2v) is 11.5. The number of halogens is 1. The Kier molecular flexibility index (Phi) is 6.26. The van der Waals surface area contributed by atoms with Gasteiger partial charge in [-0.1, -0.05) is 17.7 Å². The van der Waals surface area contributed by atoms with E-state index >= 15 is 0 Å². The number of aromatic nitrogens is 2. The zero-order chi connectivity index (χ0) is 24.7. The van der Waals surface area contributed by atoms with Crippen LogP contribution >= 0.6 is 22.9 Å². The van der Waals surface area contributed by atoms with Crippen LogP contribution in [0.2, 0.25) is 5.02 Å². The monoisotopic (exact) mass is 532 g/mol. The zero-order valence-electron chi connectivity index (χ0n) is 18.6. The molecule has 1 amide bonds. The van der Waals surface area contributed by atoms with Gasteiger partial charge in [-0.2, -0.15) is 4.72 Å². The molecule has 4 aromatic rings. The summed E-state index contributed by atoms with van der Waals surface area (Å²) in [7, 11) is -3.91. The van der Waals surface area contributed by atoms with Crippen molar-refractivity contribution in [2.45, 2.75) is 30.1 Å². The van der Waals surface area contributed by atoms with Crippen molar-refractivity contribution >= 4 is 66.0 Å². The lowest BCUT2D eigenvalue weighted by atomic mass is 10.3. The summed E-state index contributed by atoms with van der Waals surface area (Å²) in [5.74, 6) is -0.350. The number of amides is 1. The maximum absolute atomic E-state index is 13.1. The lowest BCUT2D eigenvalue weighted by molar-refractivity contribution is -0.129. The minimum atomic E-state index is -3.91. The van der Waals surface area contributed by atoms with Crippen LogP contribution in [0.4, 0.5) is 4.79 Å². The quantitative estimate of drug-likeness (QED) is 0.402. The molecule has 1 fully saturated rings. The molecule has 1 saturated heterocycles. The number of benzene rings is 1. The van der Waals surface area contributed by atoms with Crippen molar-refractivity contribution in [3.63, 3.8) is 0 Å². The molecule has 1 atom stereocenters. The molecule has 5 rings (SSSR count). The summed E-state index contributed by atoms with van der Waals surface area (Å²) in [6.45, 7) is 2.40. The number of thiophene rings is 1. The van der Waals surface area contributed by atoms with E-state index in [2.05, 4.69) is 9.71 Å². The van der Waals surface area contributed by atoms with Crippen LogP contribution < -0.4 is 4.72 Å². The second-order valence-electron chi connectivity index (χ2n) is 8.07. The number of carbonyl (C=O) groups excluding carboxylic acids is 2. The lowest BCUT2D eigenvalue weighted by Gasteiger charge is -2.18. The van der Waals surface area contributed by atoms with Crippen LogP contribution in [-0.2, 0) is 26.1 Å². The Labute approximate surface area is 210 Å². The van der Waals surface area contributed by atoms with Crippen LogP contribution in [0.1, 0.15) is 19.0 Å². The highest BCUT2D eigenvalue weighted by atomic mass is 35.5. The number of hydrogen-bond acceptors (Lipinski definition) is 7. The van der Waals surface area contributed by atoms with Crippen LogP contribution in [0, 0.1) is 0 Å². The van der Waals surface area contributed by atoms with Gasteiger partial charge in [0, 0.05) is 39.7 Å². The summed E-state index contributed by atoms with van der Waals surface area (Å²) in [6, 6.07) is 9.33. The van der Waals surface area contributed by atoms with E-state index < -0.39 is 22.2 Å². The van der Waals surface area contributed by atoms with E-state index in [1.807, 2.05) is 0 Å². The Balaban J connectivity index is 1.36. The van der Waals surface area contributed by atoms with Gasteiger partial charge >= 0.3 is 6.09 Å². The zero-order valence-corrected chi connectivity index (χ0v) is 21.0. The predicted octanol–water partition coefficient (Wildman–Crippen LogP) is 3.99. The van der Waals surface area contributed by atoms with Crippen LogP contribution in [0.25, 0.3) is 21.0 Å². The molecule has 0 saturated carbocycles. The van der Waals surface area contributed by atoms with Gasteiger partial charge in [0.05, 0.1) is 18.7 Å². The van der Waals surface area contributed by atoms with Gasteiger partial charge in [-0.15, -0.1) is 11.3 Å². The molecule has 0 aliphatic carbocycles. The number of pyridine rings is 1. The van der Waals surface area contributed by atoms with Crippen LogP contribution in [0.15, 0.2) is 53.0 Å². The molecule has 1 aliphatic rings. The van der Waals surface area contributed by atoms with E-state index in [0.717, 1.165) is 26.8 Å². The summed E-state index contributed by atoms with van der Waals surface area (Å²) in [5, 5.41) is 2.03. The molecule has 0 radical (unpaired) electrons. The fraction of sp³-hybridized carbons (Fsp3) is 0.261. The van der Waals surface area contributed by atoms with E-state index in [1.54, 1.807) is 55.7 Å². The van der Waals surface area contributed by atoms with Crippen molar-refractivity contribution in [3.05, 3.63) is 59.5 Å². The minimum Gasteiger partial charge on any atom is -0.449 e. The van der Waals surface area contributed by atoms with E-state index in [4.69, 9.17) is 16.3 Å². The number of hydrogen-bond donors (Lipinski definition) is 1. The smallest absolute Gasteiger partial charge is 0.418 e. The highest BCUT2D eigenvalue weighted by Gasteiger charge is 2.36. The Morgan fingerprint density at radius 1 is 1.26 bits per heavy atom. The highest BCUT2D eigenvalue weighted by molar-refractivity contribution is 7.91. The summed E-state index contributed by atoms with van der Waals surface area (Å²) >= 11 is 7.11. The first-order valence-electron chi connectivity index (χ1n) is 10.9. The summed E-state index contributed by atoms with van der Waals surface area (Å²) in [4.78, 5) is 31.4. The van der Waals surface area contributed by atoms with Gasteiger partial charge in [0.2, 0.25) is 5.91 Å². The SMILES string of the molecule is CCOC(=O)n1c(CN2CC[C@H](NS(=O)(=O)c3cc4ccc(Cl)cc4s3)C2=O)cc2cnccc21. The normalized spacial score (nSPS) is 16.5. The number of carbonyl (C=O) groups is 2. The number of ether oxygens (including phenoxy) is 1. The third kappa shape index (κ3) is 4.52. The average molecular weight is 533 g/mol. The standard InChI is InChI=1S/C23H21ClN4O5S2/c1-2-33-23(30)28-17(9-15-12-25-7-5-19(15)28)13-27-8-6-18(22(27)29)26-35(31,32)21-10-14-3-4-16(24)11-20(14)34-21/h3-5,7,9-12,18,26H,2,6,8,13H2,1H3/t18-/m0/s1. The van der Waals surface area contributed by atoms with Gasteiger partial charge in [-0.3, -0.25) is 9.78 Å². The van der Waals surface area contributed by atoms with Crippen molar-refractivity contribution in [1.29, 1.82) is 0 Å². The molecule has 3 aromatic heterocycles. The molecule has 1 aromatic carbocycles. The molecular weight excluding hydrogens is 512 g/mol. The summed E-state index contributed by atoms with van der Waals surface area (Å²) in [6.07, 6.45) is 2.98. The topological polar surface area (TPSA) is 111 Å². The van der Waals surface area contributed by atoms with Crippen LogP contribution in [-0.4, -0.2) is 54.1 Å². The third-order valence-corrected chi connectivity index (χ3v) is 9.08. The lowest BCUT2D eigenvalue weighted by Crippen LogP contribution is -2.41. The first kappa shape index (κ1) is 23.7. The van der Waals surface area contributed by atoms with E-state index in [9.17, 15) is 18.0 Å². The van der Waals surface area contributed by atoms with Crippen molar-refractivity contribution < 1.29 is 22.7 Å². The first-order chi connectivity index (χ1) is 16.8. The van der Waals surface area contributed by atoms with Gasteiger partial charge in [0.1, 0.15) is 10.3 Å². The number of nitrogens with zero attached hydrogens (tertiary/aromatic N) is 3. The molecule has 0 spiro atoms. The summed E-state index contributed by atoms with van der Waals surface area (Å²) < 4.78 is 36.1. The van der Waals surface area contributed by atoms with Crippen molar-refractivity contribution in [3.8, 4) is 0 Å². The predicted molar refractivity (Wildman–Crippen MR) is 133 cm³/mol. The first-order valence-corrected chi connectivity index (χ1v) is 13.6. The fourth-order valence-corrected chi connectivity index (χ4v) is 7.11. The Bertz CT molecular complexity index is 1560. The van der Waals surface area contributed by atoms with E-state index in [-0.39, 0.29) is 23.3 Å². The molecule has 182 valence electrons. The van der Waals surface area contributed by atoms with Crippen molar-refractivity contribution in [1.82, 2.24) is 19.2 Å². The van der Waals surface area contributed by atoms with Crippen molar-refractivity contribution in [2.24, 2.45) is 0 Å². The van der Waals surface area contributed by atoms with Crippen LogP contribution in [0.5, 0.6) is 0 Å². The molecule has 1 aliphatic heterocycles. The second kappa shape index (κ2) is 9.23. The fourth-order valence-electron chi connectivity index (χ4n) is 4.19. The Hall–Kier alpha value is -2.99. The van der Waals surface area contributed by atoms with Gasteiger partial charge in [-0.25, -0.2) is 17.8 Å². The highest BCUT2D eigenvalue weighted by Crippen LogP contribution is 2.31. The van der Waals surface area contributed by atoms with Crippen molar-refractivity contribution in [2.75, 3.05) is 13.2 Å². The number of nitrogens with one attached hydrogen (secondary N) is 1.